The molecule has 0 spiro atoms. The van der Waals surface area contributed by atoms with Gasteiger partial charge < -0.3 is 5.11 Å². The fourth-order valence-electron chi connectivity index (χ4n) is 3.51. The van der Waals surface area contributed by atoms with Gasteiger partial charge in [-0.1, -0.05) is 54.6 Å². The van der Waals surface area contributed by atoms with Crippen molar-refractivity contribution in [1.29, 1.82) is 0 Å². The van der Waals surface area contributed by atoms with E-state index in [9.17, 15) is 5.11 Å². The minimum Gasteiger partial charge on any atom is -0.508 e. The molecule has 1 nitrogen and oxygen atoms in total. The molecule has 1 N–H and O–H groups in total. The summed E-state index contributed by atoms with van der Waals surface area (Å²) >= 11 is 1.83. The maximum Gasteiger partial charge on any atom is 0.116 e. The molecule has 1 aromatic heterocycles. The lowest BCUT2D eigenvalue weighted by Gasteiger charge is -2.10. The standard InChI is InChI=1S/C22H14OS/c23-16-8-5-7-15(12-16)21-17-9-2-1-6-14(17)13-20-22(21)18-10-3-4-11-19(18)24-20/h1-13,23H. The molecule has 0 atom stereocenters. The quantitative estimate of drug-likeness (QED) is 0.369. The molecule has 5 aromatic rings. The van der Waals surface area contributed by atoms with Crippen LogP contribution in [0.2, 0.25) is 0 Å². The zero-order chi connectivity index (χ0) is 16.1. The van der Waals surface area contributed by atoms with E-state index in [0.717, 1.165) is 5.56 Å². The van der Waals surface area contributed by atoms with E-state index < -0.39 is 0 Å². The first-order valence-electron chi connectivity index (χ1n) is 7.94. The largest absolute Gasteiger partial charge is 0.508 e. The molecular weight excluding hydrogens is 312 g/mol. The van der Waals surface area contributed by atoms with Crippen molar-refractivity contribution in [2.24, 2.45) is 0 Å². The molecule has 0 amide bonds. The molecule has 0 bridgehead atoms. The molecule has 24 heavy (non-hydrogen) atoms. The van der Waals surface area contributed by atoms with Crippen molar-refractivity contribution in [1.82, 2.24) is 0 Å². The third kappa shape index (κ3) is 1.93. The van der Waals surface area contributed by atoms with Crippen molar-refractivity contribution in [2.45, 2.75) is 0 Å². The Bertz CT molecular complexity index is 1220. The predicted octanol–water partition coefficient (Wildman–Crippen LogP) is 6.58. The van der Waals surface area contributed by atoms with Crippen LogP contribution in [0.3, 0.4) is 0 Å². The third-order valence-electron chi connectivity index (χ3n) is 4.52. The number of aromatic hydroxyl groups is 1. The molecule has 0 fully saturated rings. The first-order chi connectivity index (χ1) is 11.8. The fraction of sp³-hybridized carbons (Fsp3) is 0. The second-order valence-corrected chi connectivity index (χ2v) is 7.08. The summed E-state index contributed by atoms with van der Waals surface area (Å²) in [5, 5.41) is 15.0. The number of hydrogen-bond donors (Lipinski definition) is 1. The smallest absolute Gasteiger partial charge is 0.116 e. The molecule has 5 rings (SSSR count). The van der Waals surface area contributed by atoms with Crippen LogP contribution >= 0.6 is 11.3 Å². The highest BCUT2D eigenvalue weighted by atomic mass is 32.1. The molecule has 2 heteroatoms. The summed E-state index contributed by atoms with van der Waals surface area (Å²) in [7, 11) is 0. The summed E-state index contributed by atoms with van der Waals surface area (Å²) < 4.78 is 2.58. The number of fused-ring (bicyclic) bond motifs is 4. The van der Waals surface area contributed by atoms with Crippen LogP contribution in [-0.2, 0) is 0 Å². The minimum atomic E-state index is 0.299. The molecule has 0 aliphatic carbocycles. The van der Waals surface area contributed by atoms with Crippen LogP contribution in [0.25, 0.3) is 42.1 Å². The third-order valence-corrected chi connectivity index (χ3v) is 5.64. The number of benzene rings is 4. The van der Waals surface area contributed by atoms with Gasteiger partial charge in [0.1, 0.15) is 5.75 Å². The van der Waals surface area contributed by atoms with Crippen molar-refractivity contribution in [3.8, 4) is 16.9 Å². The molecule has 1 heterocycles. The molecule has 0 saturated heterocycles. The van der Waals surface area contributed by atoms with E-state index in [-0.39, 0.29) is 0 Å². The summed E-state index contributed by atoms with van der Waals surface area (Å²) in [6.07, 6.45) is 0. The van der Waals surface area contributed by atoms with Crippen molar-refractivity contribution in [3.05, 3.63) is 78.9 Å². The van der Waals surface area contributed by atoms with Gasteiger partial charge in [0.25, 0.3) is 0 Å². The van der Waals surface area contributed by atoms with Crippen LogP contribution in [0.5, 0.6) is 5.75 Å². The Morgan fingerprint density at radius 1 is 0.667 bits per heavy atom. The lowest BCUT2D eigenvalue weighted by Crippen LogP contribution is -1.83. The summed E-state index contributed by atoms with van der Waals surface area (Å²) in [5.41, 5.74) is 2.26. The van der Waals surface area contributed by atoms with Crippen LogP contribution in [0.4, 0.5) is 0 Å². The molecule has 0 aliphatic rings. The maximum absolute atomic E-state index is 9.99. The predicted molar refractivity (Wildman–Crippen MR) is 104 cm³/mol. The number of hydrogen-bond acceptors (Lipinski definition) is 2. The number of phenols is 1. The van der Waals surface area contributed by atoms with Crippen LogP contribution in [0, 0.1) is 0 Å². The van der Waals surface area contributed by atoms with Crippen molar-refractivity contribution < 1.29 is 5.11 Å². The highest BCUT2D eigenvalue weighted by Gasteiger charge is 2.14. The second kappa shape index (κ2) is 5.08. The molecule has 0 saturated carbocycles. The average Bonchev–Trinajstić information content (AvgIpc) is 2.97. The topological polar surface area (TPSA) is 20.2 Å². The highest BCUT2D eigenvalue weighted by Crippen LogP contribution is 2.44. The van der Waals surface area contributed by atoms with E-state index in [1.807, 2.05) is 23.5 Å². The minimum absolute atomic E-state index is 0.299. The molecule has 114 valence electrons. The lowest BCUT2D eigenvalue weighted by molar-refractivity contribution is 0.475. The van der Waals surface area contributed by atoms with Crippen LogP contribution < -0.4 is 0 Å². The second-order valence-electron chi connectivity index (χ2n) is 5.99. The Hall–Kier alpha value is -2.84. The Labute approximate surface area is 143 Å². The van der Waals surface area contributed by atoms with Crippen LogP contribution in [0.1, 0.15) is 0 Å². The molecule has 4 aromatic carbocycles. The zero-order valence-electron chi connectivity index (χ0n) is 12.9. The Morgan fingerprint density at radius 3 is 2.33 bits per heavy atom. The van der Waals surface area contributed by atoms with Crippen LogP contribution in [-0.4, -0.2) is 5.11 Å². The van der Waals surface area contributed by atoms with Gasteiger partial charge in [0.05, 0.1) is 0 Å². The first kappa shape index (κ1) is 13.6. The molecular formula is C22H14OS. The van der Waals surface area contributed by atoms with Gasteiger partial charge in [-0.05, 0) is 46.2 Å². The Balaban J connectivity index is 2.07. The van der Waals surface area contributed by atoms with Gasteiger partial charge >= 0.3 is 0 Å². The maximum atomic E-state index is 9.99. The van der Waals surface area contributed by atoms with Gasteiger partial charge in [-0.3, -0.25) is 0 Å². The average molecular weight is 326 g/mol. The van der Waals surface area contributed by atoms with Crippen molar-refractivity contribution in [3.63, 3.8) is 0 Å². The van der Waals surface area contributed by atoms with E-state index in [4.69, 9.17) is 0 Å². The normalized spacial score (nSPS) is 11.5. The first-order valence-corrected chi connectivity index (χ1v) is 8.75. The van der Waals surface area contributed by atoms with Gasteiger partial charge in [0, 0.05) is 20.2 Å². The fourth-order valence-corrected chi connectivity index (χ4v) is 4.68. The summed E-state index contributed by atoms with van der Waals surface area (Å²) in [5.74, 6) is 0.299. The van der Waals surface area contributed by atoms with Gasteiger partial charge in [-0.15, -0.1) is 11.3 Å². The van der Waals surface area contributed by atoms with Gasteiger partial charge in [0.15, 0.2) is 0 Å². The summed E-state index contributed by atoms with van der Waals surface area (Å²) in [6.45, 7) is 0. The van der Waals surface area contributed by atoms with E-state index >= 15 is 0 Å². The Morgan fingerprint density at radius 2 is 1.46 bits per heavy atom. The molecule has 0 unspecified atom stereocenters. The number of thiophene rings is 1. The van der Waals surface area contributed by atoms with E-state index in [2.05, 4.69) is 60.7 Å². The number of rotatable bonds is 1. The molecule has 0 radical (unpaired) electrons. The lowest BCUT2D eigenvalue weighted by atomic mass is 9.93. The zero-order valence-corrected chi connectivity index (χ0v) is 13.7. The summed E-state index contributed by atoms with van der Waals surface area (Å²) in [4.78, 5) is 0. The Kier molecular flexibility index (Phi) is 2.88. The van der Waals surface area contributed by atoms with Crippen molar-refractivity contribution in [2.75, 3.05) is 0 Å². The van der Waals surface area contributed by atoms with Crippen LogP contribution in [0.15, 0.2) is 78.9 Å². The van der Waals surface area contributed by atoms with E-state index in [1.54, 1.807) is 6.07 Å². The van der Waals surface area contributed by atoms with Gasteiger partial charge in [0.2, 0.25) is 0 Å². The SMILES string of the molecule is Oc1cccc(-c2c3ccccc3cc3sc4ccccc4c23)c1. The van der Waals surface area contributed by atoms with E-state index in [1.165, 1.54) is 36.5 Å². The van der Waals surface area contributed by atoms with E-state index in [0.29, 0.717) is 5.75 Å². The summed E-state index contributed by atoms with van der Waals surface area (Å²) in [6, 6.07) is 26.9. The van der Waals surface area contributed by atoms with Crippen molar-refractivity contribution >= 4 is 42.3 Å². The number of phenolic OH excluding ortho intramolecular Hbond substituents is 1. The highest BCUT2D eigenvalue weighted by molar-refractivity contribution is 7.26. The van der Waals surface area contributed by atoms with Gasteiger partial charge in [-0.2, -0.15) is 0 Å². The van der Waals surface area contributed by atoms with Gasteiger partial charge in [-0.25, -0.2) is 0 Å². The monoisotopic (exact) mass is 326 g/mol. The molecule has 0 aliphatic heterocycles.